The fraction of sp³-hybridized carbons (Fsp3) is 0.467. The molecule has 0 saturated carbocycles. The van der Waals surface area contributed by atoms with Crippen molar-refractivity contribution < 1.29 is 14.6 Å². The largest absolute Gasteiger partial charge is 0.479 e. The molecule has 1 fully saturated rings. The van der Waals surface area contributed by atoms with E-state index in [1.54, 1.807) is 17.0 Å². The average Bonchev–Trinajstić information content (AvgIpc) is 2.46. The predicted molar refractivity (Wildman–Crippen MR) is 73.1 cm³/mol. The summed E-state index contributed by atoms with van der Waals surface area (Å²) < 4.78 is 5.16. The maximum atomic E-state index is 12.1. The van der Waals surface area contributed by atoms with Crippen LogP contribution in [0, 0.1) is 11.3 Å². The Hall–Kier alpha value is -2.06. The molecule has 1 heterocycles. The van der Waals surface area contributed by atoms with E-state index in [1.165, 1.54) is 0 Å². The highest BCUT2D eigenvalue weighted by molar-refractivity contribution is 5.79. The molecule has 2 rings (SSSR count). The van der Waals surface area contributed by atoms with Crippen LogP contribution in [0.4, 0.5) is 0 Å². The number of hydrogen-bond acceptors (Lipinski definition) is 4. The van der Waals surface area contributed by atoms with E-state index in [9.17, 15) is 9.90 Å². The van der Waals surface area contributed by atoms with Gasteiger partial charge in [-0.2, -0.15) is 5.26 Å². The minimum atomic E-state index is -0.394. The highest BCUT2D eigenvalue weighted by Crippen LogP contribution is 2.15. The van der Waals surface area contributed by atoms with Crippen molar-refractivity contribution in [3.05, 3.63) is 29.8 Å². The van der Waals surface area contributed by atoms with Gasteiger partial charge in [0.05, 0.1) is 12.5 Å². The number of amides is 1. The van der Waals surface area contributed by atoms with E-state index in [1.807, 2.05) is 18.2 Å². The number of ether oxygens (including phenoxy) is 1. The third kappa shape index (κ3) is 3.97. The van der Waals surface area contributed by atoms with Crippen LogP contribution in [0.5, 0.6) is 5.75 Å². The van der Waals surface area contributed by atoms with Crippen molar-refractivity contribution in [2.45, 2.75) is 25.4 Å². The summed E-state index contributed by atoms with van der Waals surface area (Å²) in [6.07, 6.45) is 1.56. The number of nitrogens with zero attached hydrogens (tertiary/aromatic N) is 2. The van der Waals surface area contributed by atoms with Crippen molar-refractivity contribution >= 4 is 5.91 Å². The number of piperidine rings is 1. The lowest BCUT2D eigenvalue weighted by Gasteiger charge is -2.30. The molecular formula is C15H18N2O3. The molecule has 0 radical (unpaired) electrons. The number of aliphatic hydroxyl groups excluding tert-OH is 1. The molecular weight excluding hydrogens is 256 g/mol. The molecule has 0 aromatic heterocycles. The molecule has 5 nitrogen and oxygen atoms in total. The van der Waals surface area contributed by atoms with Gasteiger partial charge in [-0.25, -0.2) is 0 Å². The van der Waals surface area contributed by atoms with Crippen molar-refractivity contribution in [2.75, 3.05) is 19.7 Å². The predicted octanol–water partition coefficient (Wildman–Crippen LogP) is 1.11. The number of β-amino-alcohol motifs (C(OH)–C–C–N with tert-alkyl or cyclic N) is 1. The van der Waals surface area contributed by atoms with Gasteiger partial charge >= 0.3 is 0 Å². The van der Waals surface area contributed by atoms with Gasteiger partial charge in [0, 0.05) is 13.1 Å². The second-order valence-corrected chi connectivity index (χ2v) is 4.90. The Balaban J connectivity index is 1.89. The number of hydrogen-bond donors (Lipinski definition) is 1. The van der Waals surface area contributed by atoms with Gasteiger partial charge in [0.1, 0.15) is 11.8 Å². The molecule has 1 aliphatic heterocycles. The van der Waals surface area contributed by atoms with Gasteiger partial charge in [0.15, 0.2) is 6.61 Å². The number of carbonyl (C=O) groups excluding carboxylic acids is 1. The van der Waals surface area contributed by atoms with E-state index in [4.69, 9.17) is 10.00 Å². The van der Waals surface area contributed by atoms with Gasteiger partial charge in [0.2, 0.25) is 5.91 Å². The Labute approximate surface area is 118 Å². The maximum absolute atomic E-state index is 12.1. The lowest BCUT2D eigenvalue weighted by atomic mass is 10.1. The minimum absolute atomic E-state index is 0.0178. The molecule has 106 valence electrons. The molecule has 1 aromatic rings. The van der Waals surface area contributed by atoms with Crippen LogP contribution in [-0.2, 0) is 11.2 Å². The van der Waals surface area contributed by atoms with E-state index < -0.39 is 6.10 Å². The van der Waals surface area contributed by atoms with E-state index in [0.29, 0.717) is 18.7 Å². The van der Waals surface area contributed by atoms with E-state index >= 15 is 0 Å². The van der Waals surface area contributed by atoms with Gasteiger partial charge < -0.3 is 14.7 Å². The number of nitriles is 1. The Bertz CT molecular complexity index is 493. The van der Waals surface area contributed by atoms with E-state index in [2.05, 4.69) is 0 Å². The van der Waals surface area contributed by atoms with Gasteiger partial charge in [-0.3, -0.25) is 4.79 Å². The summed E-state index contributed by atoms with van der Waals surface area (Å²) in [4.78, 5) is 13.8. The van der Waals surface area contributed by atoms with Crippen molar-refractivity contribution in [3.63, 3.8) is 0 Å². The lowest BCUT2D eigenvalue weighted by Crippen LogP contribution is -2.42. The molecule has 5 heteroatoms. The van der Waals surface area contributed by atoms with Crippen molar-refractivity contribution in [1.82, 2.24) is 4.90 Å². The SMILES string of the molecule is N#CCOc1ccc(CC(=O)N2CCCC(O)C2)cc1. The van der Waals surface area contributed by atoms with Gasteiger partial charge in [-0.1, -0.05) is 12.1 Å². The minimum Gasteiger partial charge on any atom is -0.479 e. The van der Waals surface area contributed by atoms with Crippen LogP contribution in [-0.4, -0.2) is 41.7 Å². The molecule has 1 N–H and O–H groups in total. The summed E-state index contributed by atoms with van der Waals surface area (Å²) in [5, 5.41) is 18.0. The second-order valence-electron chi connectivity index (χ2n) is 4.90. The quantitative estimate of drug-likeness (QED) is 0.892. The van der Waals surface area contributed by atoms with Gasteiger partial charge in [-0.05, 0) is 30.5 Å². The zero-order valence-corrected chi connectivity index (χ0v) is 11.3. The highest BCUT2D eigenvalue weighted by Gasteiger charge is 2.21. The van der Waals surface area contributed by atoms with Crippen molar-refractivity contribution in [3.8, 4) is 11.8 Å². The molecule has 1 unspecified atom stereocenters. The number of likely N-dealkylation sites (tertiary alicyclic amines) is 1. The summed E-state index contributed by atoms with van der Waals surface area (Å²) in [7, 11) is 0. The maximum Gasteiger partial charge on any atom is 0.227 e. The first kappa shape index (κ1) is 14.4. The summed E-state index contributed by atoms with van der Waals surface area (Å²) >= 11 is 0. The van der Waals surface area contributed by atoms with Gasteiger partial charge in [0.25, 0.3) is 0 Å². The number of aliphatic hydroxyl groups is 1. The van der Waals surface area contributed by atoms with Crippen LogP contribution in [0.3, 0.4) is 0 Å². The molecule has 0 spiro atoms. The van der Waals surface area contributed by atoms with Crippen LogP contribution in [0.1, 0.15) is 18.4 Å². The standard InChI is InChI=1S/C15H18N2O3/c16-7-9-20-14-5-3-12(4-6-14)10-15(19)17-8-1-2-13(18)11-17/h3-6,13,18H,1-2,8-11H2. The highest BCUT2D eigenvalue weighted by atomic mass is 16.5. The summed E-state index contributed by atoms with van der Waals surface area (Å²) in [5.74, 6) is 0.658. The lowest BCUT2D eigenvalue weighted by molar-refractivity contribution is -0.133. The normalized spacial score (nSPS) is 18.4. The van der Waals surface area contributed by atoms with Crippen LogP contribution >= 0.6 is 0 Å². The molecule has 1 aromatic carbocycles. The average molecular weight is 274 g/mol. The first-order valence-corrected chi connectivity index (χ1v) is 6.73. The Kier molecular flexibility index (Phi) is 4.97. The van der Waals surface area contributed by atoms with E-state index in [-0.39, 0.29) is 12.5 Å². The zero-order valence-electron chi connectivity index (χ0n) is 11.3. The molecule has 0 bridgehead atoms. The molecule has 0 aliphatic carbocycles. The Morgan fingerprint density at radius 1 is 1.45 bits per heavy atom. The Morgan fingerprint density at radius 2 is 2.20 bits per heavy atom. The van der Waals surface area contributed by atoms with Crippen LogP contribution < -0.4 is 4.74 Å². The molecule has 20 heavy (non-hydrogen) atoms. The van der Waals surface area contributed by atoms with Crippen LogP contribution in [0.2, 0.25) is 0 Å². The number of carbonyl (C=O) groups is 1. The fourth-order valence-corrected chi connectivity index (χ4v) is 2.29. The second kappa shape index (κ2) is 6.92. The monoisotopic (exact) mass is 274 g/mol. The zero-order chi connectivity index (χ0) is 14.4. The summed E-state index contributed by atoms with van der Waals surface area (Å²) in [5.41, 5.74) is 0.902. The third-order valence-corrected chi connectivity index (χ3v) is 3.33. The third-order valence-electron chi connectivity index (χ3n) is 3.33. The molecule has 1 saturated heterocycles. The van der Waals surface area contributed by atoms with E-state index in [0.717, 1.165) is 24.9 Å². The molecule has 1 aliphatic rings. The fourth-order valence-electron chi connectivity index (χ4n) is 2.29. The Morgan fingerprint density at radius 3 is 2.85 bits per heavy atom. The van der Waals surface area contributed by atoms with Crippen molar-refractivity contribution in [2.24, 2.45) is 0 Å². The van der Waals surface area contributed by atoms with Gasteiger partial charge in [-0.15, -0.1) is 0 Å². The molecule has 1 amide bonds. The number of rotatable bonds is 4. The summed E-state index contributed by atoms with van der Waals surface area (Å²) in [6.45, 7) is 1.17. The van der Waals surface area contributed by atoms with Crippen LogP contribution in [0.25, 0.3) is 0 Å². The smallest absolute Gasteiger partial charge is 0.227 e. The first-order valence-electron chi connectivity index (χ1n) is 6.73. The summed E-state index contributed by atoms with van der Waals surface area (Å²) in [6, 6.07) is 9.06. The number of benzene rings is 1. The van der Waals surface area contributed by atoms with Crippen LogP contribution in [0.15, 0.2) is 24.3 Å². The topological polar surface area (TPSA) is 73.6 Å². The van der Waals surface area contributed by atoms with Crippen molar-refractivity contribution in [1.29, 1.82) is 5.26 Å². The first-order chi connectivity index (χ1) is 9.69. The molecule has 1 atom stereocenters.